The lowest BCUT2D eigenvalue weighted by molar-refractivity contribution is 0.0759. The summed E-state index contributed by atoms with van der Waals surface area (Å²) in [5.74, 6) is 1.99. The van der Waals surface area contributed by atoms with Crippen LogP contribution >= 0.6 is 11.8 Å². The van der Waals surface area contributed by atoms with E-state index in [1.54, 1.807) is 11.0 Å². The van der Waals surface area contributed by atoms with Gasteiger partial charge in [0.05, 0.1) is 5.56 Å². The van der Waals surface area contributed by atoms with Crippen molar-refractivity contribution in [1.29, 1.82) is 0 Å². The molecule has 2 rings (SSSR count). The highest BCUT2D eigenvalue weighted by atomic mass is 32.2. The third-order valence-electron chi connectivity index (χ3n) is 3.12. The van der Waals surface area contributed by atoms with Gasteiger partial charge >= 0.3 is 0 Å². The molecule has 5 nitrogen and oxygen atoms in total. The Hall–Kier alpha value is -1.56. The van der Waals surface area contributed by atoms with Crippen LogP contribution in [0.4, 0.5) is 0 Å². The van der Waals surface area contributed by atoms with Gasteiger partial charge in [0.25, 0.3) is 5.91 Å². The molecule has 19 heavy (non-hydrogen) atoms. The summed E-state index contributed by atoms with van der Waals surface area (Å²) in [5, 5.41) is 10.6. The number of fused-ring (bicyclic) bond motifs is 1. The van der Waals surface area contributed by atoms with Gasteiger partial charge in [0.15, 0.2) is 0 Å². The average molecular weight is 278 g/mol. The van der Waals surface area contributed by atoms with Gasteiger partial charge in [-0.2, -0.15) is 27.2 Å². The van der Waals surface area contributed by atoms with Crippen LogP contribution in [0.5, 0.6) is 0 Å². The smallest absolute Gasteiger partial charge is 0.256 e. The SMILES string of the molecule is CCSC[C@@H](C)N(C)C(=O)c1cccc2n[nH]nc12. The highest BCUT2D eigenvalue weighted by Gasteiger charge is 2.20. The summed E-state index contributed by atoms with van der Waals surface area (Å²) >= 11 is 1.83. The zero-order chi connectivity index (χ0) is 13.8. The molecule has 102 valence electrons. The number of carbonyl (C=O) groups excluding carboxylic acids is 1. The number of aromatic amines is 1. The molecule has 0 unspecified atom stereocenters. The maximum atomic E-state index is 12.5. The van der Waals surface area contributed by atoms with Crippen molar-refractivity contribution in [3.8, 4) is 0 Å². The molecular weight excluding hydrogens is 260 g/mol. The molecule has 0 radical (unpaired) electrons. The molecule has 1 atom stereocenters. The Morgan fingerprint density at radius 2 is 2.26 bits per heavy atom. The number of H-pyrrole nitrogens is 1. The number of nitrogens with one attached hydrogen (secondary N) is 1. The first-order valence-electron chi connectivity index (χ1n) is 6.29. The van der Waals surface area contributed by atoms with Crippen molar-refractivity contribution in [1.82, 2.24) is 20.3 Å². The van der Waals surface area contributed by atoms with Gasteiger partial charge in [-0.1, -0.05) is 13.0 Å². The predicted octanol–water partition coefficient (Wildman–Crippen LogP) is 2.17. The maximum absolute atomic E-state index is 12.5. The van der Waals surface area contributed by atoms with Gasteiger partial charge in [-0.15, -0.1) is 0 Å². The standard InChI is InChI=1S/C13H18N4OS/c1-4-19-8-9(2)17(3)13(18)10-6-5-7-11-12(10)15-16-14-11/h5-7,9H,4,8H2,1-3H3,(H,14,15,16)/t9-/m1/s1. The number of carbonyl (C=O) groups is 1. The fourth-order valence-corrected chi connectivity index (χ4v) is 2.63. The zero-order valence-electron chi connectivity index (χ0n) is 11.4. The molecule has 0 aliphatic carbocycles. The quantitative estimate of drug-likeness (QED) is 0.910. The Morgan fingerprint density at radius 1 is 1.47 bits per heavy atom. The number of aromatic nitrogens is 3. The Balaban J connectivity index is 2.21. The largest absolute Gasteiger partial charge is 0.338 e. The van der Waals surface area contributed by atoms with Gasteiger partial charge in [0.1, 0.15) is 11.0 Å². The number of para-hydroxylation sites is 1. The topological polar surface area (TPSA) is 61.9 Å². The molecule has 0 fully saturated rings. The average Bonchev–Trinajstić information content (AvgIpc) is 2.91. The molecule has 0 saturated carbocycles. The lowest BCUT2D eigenvalue weighted by Gasteiger charge is -2.24. The number of benzene rings is 1. The van der Waals surface area contributed by atoms with Crippen molar-refractivity contribution in [3.05, 3.63) is 23.8 Å². The van der Waals surface area contributed by atoms with Crippen LogP contribution in [0.2, 0.25) is 0 Å². The van der Waals surface area contributed by atoms with E-state index in [0.717, 1.165) is 17.0 Å². The molecule has 0 bridgehead atoms. The van der Waals surface area contributed by atoms with Crippen LogP contribution in [0, 0.1) is 0 Å². The van der Waals surface area contributed by atoms with Crippen LogP contribution in [0.25, 0.3) is 11.0 Å². The number of rotatable bonds is 5. The molecule has 0 saturated heterocycles. The van der Waals surface area contributed by atoms with E-state index in [0.29, 0.717) is 11.1 Å². The summed E-state index contributed by atoms with van der Waals surface area (Å²) in [6.07, 6.45) is 0. The summed E-state index contributed by atoms with van der Waals surface area (Å²) < 4.78 is 0. The minimum atomic E-state index is -0.0105. The van der Waals surface area contributed by atoms with E-state index < -0.39 is 0 Å². The van der Waals surface area contributed by atoms with Gasteiger partial charge in [-0.3, -0.25) is 4.79 Å². The molecule has 2 aromatic rings. The second kappa shape index (κ2) is 6.06. The Kier molecular flexibility index (Phi) is 4.42. The van der Waals surface area contributed by atoms with E-state index in [-0.39, 0.29) is 11.9 Å². The minimum Gasteiger partial charge on any atom is -0.338 e. The maximum Gasteiger partial charge on any atom is 0.256 e. The molecule has 1 amide bonds. The molecule has 1 aromatic carbocycles. The van der Waals surface area contributed by atoms with Crippen molar-refractivity contribution in [2.75, 3.05) is 18.6 Å². The van der Waals surface area contributed by atoms with Gasteiger partial charge in [-0.05, 0) is 24.8 Å². The Labute approximate surface area is 116 Å². The highest BCUT2D eigenvalue weighted by molar-refractivity contribution is 7.99. The van der Waals surface area contributed by atoms with Gasteiger partial charge < -0.3 is 4.90 Å². The lowest BCUT2D eigenvalue weighted by atomic mass is 10.1. The first-order valence-corrected chi connectivity index (χ1v) is 7.45. The number of hydrogen-bond acceptors (Lipinski definition) is 4. The molecule has 0 spiro atoms. The third kappa shape index (κ3) is 2.89. The van der Waals surface area contributed by atoms with Crippen LogP contribution in [-0.4, -0.2) is 50.8 Å². The fraction of sp³-hybridized carbons (Fsp3) is 0.462. The number of hydrogen-bond donors (Lipinski definition) is 1. The predicted molar refractivity (Wildman–Crippen MR) is 78.4 cm³/mol. The van der Waals surface area contributed by atoms with E-state index in [1.165, 1.54) is 0 Å². The van der Waals surface area contributed by atoms with E-state index in [1.807, 2.05) is 30.9 Å². The lowest BCUT2D eigenvalue weighted by Crippen LogP contribution is -2.36. The van der Waals surface area contributed by atoms with Crippen molar-refractivity contribution < 1.29 is 4.79 Å². The number of nitrogens with zero attached hydrogens (tertiary/aromatic N) is 3. The van der Waals surface area contributed by atoms with Crippen LogP contribution < -0.4 is 0 Å². The molecule has 6 heteroatoms. The summed E-state index contributed by atoms with van der Waals surface area (Å²) in [6, 6.07) is 5.66. The molecule has 1 N–H and O–H groups in total. The second-order valence-electron chi connectivity index (χ2n) is 4.42. The number of amides is 1. The third-order valence-corrected chi connectivity index (χ3v) is 4.25. The Morgan fingerprint density at radius 3 is 3.00 bits per heavy atom. The molecular formula is C13H18N4OS. The second-order valence-corrected chi connectivity index (χ2v) is 5.74. The zero-order valence-corrected chi connectivity index (χ0v) is 12.2. The van der Waals surface area contributed by atoms with Crippen LogP contribution in [0.3, 0.4) is 0 Å². The Bertz CT molecular complexity index is 569. The van der Waals surface area contributed by atoms with Gasteiger partial charge in [0.2, 0.25) is 0 Å². The normalized spacial score (nSPS) is 12.6. The summed E-state index contributed by atoms with van der Waals surface area (Å²) in [7, 11) is 1.84. The van der Waals surface area contributed by atoms with Crippen molar-refractivity contribution in [3.63, 3.8) is 0 Å². The van der Waals surface area contributed by atoms with Crippen molar-refractivity contribution in [2.24, 2.45) is 0 Å². The first kappa shape index (κ1) is 13.9. The van der Waals surface area contributed by atoms with E-state index >= 15 is 0 Å². The number of thioether (sulfide) groups is 1. The minimum absolute atomic E-state index is 0.0105. The molecule has 0 aliphatic heterocycles. The monoisotopic (exact) mass is 278 g/mol. The van der Waals surface area contributed by atoms with E-state index in [9.17, 15) is 4.79 Å². The van der Waals surface area contributed by atoms with Crippen LogP contribution in [0.15, 0.2) is 18.2 Å². The first-order chi connectivity index (χ1) is 9.15. The van der Waals surface area contributed by atoms with Gasteiger partial charge in [0, 0.05) is 18.8 Å². The van der Waals surface area contributed by atoms with Crippen LogP contribution in [-0.2, 0) is 0 Å². The summed E-state index contributed by atoms with van der Waals surface area (Å²) in [6.45, 7) is 4.18. The van der Waals surface area contributed by atoms with E-state index in [4.69, 9.17) is 0 Å². The summed E-state index contributed by atoms with van der Waals surface area (Å²) in [5.41, 5.74) is 1.95. The van der Waals surface area contributed by atoms with Crippen LogP contribution in [0.1, 0.15) is 24.2 Å². The highest BCUT2D eigenvalue weighted by Crippen LogP contribution is 2.17. The molecule has 1 heterocycles. The molecule has 0 aliphatic rings. The van der Waals surface area contributed by atoms with Gasteiger partial charge in [-0.25, -0.2) is 0 Å². The van der Waals surface area contributed by atoms with Crippen molar-refractivity contribution in [2.45, 2.75) is 19.9 Å². The fourth-order valence-electron chi connectivity index (χ4n) is 1.83. The van der Waals surface area contributed by atoms with Crippen molar-refractivity contribution >= 4 is 28.7 Å². The molecule has 1 aromatic heterocycles. The van der Waals surface area contributed by atoms with E-state index in [2.05, 4.69) is 29.3 Å². The summed E-state index contributed by atoms with van der Waals surface area (Å²) in [4.78, 5) is 14.3.